The molecule has 0 aliphatic carbocycles. The Labute approximate surface area is 110 Å². The van der Waals surface area contributed by atoms with E-state index in [0.29, 0.717) is 5.92 Å². The van der Waals surface area contributed by atoms with Crippen LogP contribution in [-0.4, -0.2) is 18.6 Å². The van der Waals surface area contributed by atoms with Crippen molar-refractivity contribution >= 4 is 5.91 Å². The number of hydrogen-bond donors (Lipinski definition) is 1. The summed E-state index contributed by atoms with van der Waals surface area (Å²) >= 11 is 0. The van der Waals surface area contributed by atoms with Crippen LogP contribution in [0.15, 0.2) is 18.2 Å². The first kappa shape index (κ1) is 14.6. The Balaban J connectivity index is 2.47. The highest BCUT2D eigenvalue weighted by Gasteiger charge is 2.11. The van der Waals surface area contributed by atoms with Crippen molar-refractivity contribution in [1.29, 1.82) is 0 Å². The van der Waals surface area contributed by atoms with Crippen molar-refractivity contribution in [3.05, 3.63) is 29.3 Å². The number of carbonyl (C=O) groups is 1. The molecule has 0 heterocycles. The summed E-state index contributed by atoms with van der Waals surface area (Å²) in [5.41, 5.74) is 2.25. The van der Waals surface area contributed by atoms with Gasteiger partial charge in [-0.2, -0.15) is 0 Å². The zero-order chi connectivity index (χ0) is 13.7. The van der Waals surface area contributed by atoms with Crippen LogP contribution < -0.4 is 10.1 Å². The second-order valence-corrected chi connectivity index (χ2v) is 5.16. The Kier molecular flexibility index (Phi) is 5.20. The predicted molar refractivity (Wildman–Crippen MR) is 73.9 cm³/mol. The Morgan fingerprint density at radius 2 is 1.94 bits per heavy atom. The normalized spacial score (nSPS) is 12.3. The molecule has 1 aromatic rings. The molecule has 1 aromatic carbocycles. The average molecular weight is 249 g/mol. The summed E-state index contributed by atoms with van der Waals surface area (Å²) in [6, 6.07) is 6.10. The molecule has 1 rings (SSSR count). The van der Waals surface area contributed by atoms with Gasteiger partial charge in [0.2, 0.25) is 0 Å². The maximum atomic E-state index is 11.7. The quantitative estimate of drug-likeness (QED) is 0.871. The van der Waals surface area contributed by atoms with Crippen molar-refractivity contribution in [2.45, 2.75) is 40.7 Å². The van der Waals surface area contributed by atoms with Gasteiger partial charge in [-0.25, -0.2) is 0 Å². The molecular weight excluding hydrogens is 226 g/mol. The highest BCUT2D eigenvalue weighted by atomic mass is 16.5. The first-order chi connectivity index (χ1) is 8.40. The minimum Gasteiger partial charge on any atom is -0.484 e. The lowest BCUT2D eigenvalue weighted by Gasteiger charge is -2.17. The number of benzene rings is 1. The monoisotopic (exact) mass is 249 g/mol. The Morgan fingerprint density at radius 3 is 2.50 bits per heavy atom. The summed E-state index contributed by atoms with van der Waals surface area (Å²) in [5, 5.41) is 2.92. The van der Waals surface area contributed by atoms with Crippen LogP contribution in [0.2, 0.25) is 0 Å². The smallest absolute Gasteiger partial charge is 0.258 e. The second kappa shape index (κ2) is 6.43. The third kappa shape index (κ3) is 4.40. The van der Waals surface area contributed by atoms with E-state index in [4.69, 9.17) is 4.74 Å². The van der Waals surface area contributed by atoms with Gasteiger partial charge >= 0.3 is 0 Å². The molecule has 0 bridgehead atoms. The molecule has 100 valence electrons. The van der Waals surface area contributed by atoms with Crippen molar-refractivity contribution in [3.8, 4) is 5.75 Å². The SMILES string of the molecule is Cc1ccc(OCC(=O)N[C@H](C)C(C)C)c(C)c1. The van der Waals surface area contributed by atoms with Crippen LogP contribution in [0.1, 0.15) is 31.9 Å². The first-order valence-corrected chi connectivity index (χ1v) is 6.39. The molecule has 0 aromatic heterocycles. The summed E-state index contributed by atoms with van der Waals surface area (Å²) in [5.74, 6) is 1.12. The fraction of sp³-hybridized carbons (Fsp3) is 0.533. The lowest BCUT2D eigenvalue weighted by atomic mass is 10.1. The van der Waals surface area contributed by atoms with Gasteiger partial charge in [-0.3, -0.25) is 4.79 Å². The largest absolute Gasteiger partial charge is 0.484 e. The summed E-state index contributed by atoms with van der Waals surface area (Å²) in [6.07, 6.45) is 0. The zero-order valence-corrected chi connectivity index (χ0v) is 11.9. The van der Waals surface area contributed by atoms with Crippen molar-refractivity contribution < 1.29 is 9.53 Å². The number of hydrogen-bond acceptors (Lipinski definition) is 2. The Bertz CT molecular complexity index is 413. The maximum Gasteiger partial charge on any atom is 0.258 e. The molecule has 3 nitrogen and oxygen atoms in total. The van der Waals surface area contributed by atoms with Gasteiger partial charge in [-0.05, 0) is 38.3 Å². The number of carbonyl (C=O) groups excluding carboxylic acids is 1. The van der Waals surface area contributed by atoms with E-state index in [1.54, 1.807) is 0 Å². The van der Waals surface area contributed by atoms with Gasteiger partial charge in [-0.1, -0.05) is 31.5 Å². The van der Waals surface area contributed by atoms with Crippen LogP contribution in [0.25, 0.3) is 0 Å². The van der Waals surface area contributed by atoms with Crippen molar-refractivity contribution in [2.24, 2.45) is 5.92 Å². The lowest BCUT2D eigenvalue weighted by Crippen LogP contribution is -2.39. The zero-order valence-electron chi connectivity index (χ0n) is 11.9. The number of amides is 1. The molecule has 0 aliphatic rings. The van der Waals surface area contributed by atoms with Gasteiger partial charge in [0.05, 0.1) is 0 Å². The molecule has 1 atom stereocenters. The molecular formula is C15H23NO2. The average Bonchev–Trinajstić information content (AvgIpc) is 2.27. The van der Waals surface area contributed by atoms with E-state index < -0.39 is 0 Å². The molecule has 0 saturated heterocycles. The summed E-state index contributed by atoms with van der Waals surface area (Å²) < 4.78 is 5.52. The van der Waals surface area contributed by atoms with Gasteiger partial charge < -0.3 is 10.1 Å². The van der Waals surface area contributed by atoms with Gasteiger partial charge in [0.15, 0.2) is 6.61 Å². The number of aryl methyl sites for hydroxylation is 2. The summed E-state index contributed by atoms with van der Waals surface area (Å²) in [7, 11) is 0. The molecule has 1 amide bonds. The van der Waals surface area contributed by atoms with E-state index in [0.717, 1.165) is 11.3 Å². The highest BCUT2D eigenvalue weighted by Crippen LogP contribution is 2.18. The van der Waals surface area contributed by atoms with Crippen LogP contribution in [0.4, 0.5) is 0 Å². The van der Waals surface area contributed by atoms with Crippen LogP contribution in [0.5, 0.6) is 5.75 Å². The fourth-order valence-electron chi connectivity index (χ4n) is 1.57. The Hall–Kier alpha value is -1.51. The summed E-state index contributed by atoms with van der Waals surface area (Å²) in [6.45, 7) is 10.2. The van der Waals surface area contributed by atoms with E-state index in [9.17, 15) is 4.79 Å². The Morgan fingerprint density at radius 1 is 1.28 bits per heavy atom. The van der Waals surface area contributed by atoms with E-state index in [-0.39, 0.29) is 18.6 Å². The predicted octanol–water partition coefficient (Wildman–Crippen LogP) is 2.84. The van der Waals surface area contributed by atoms with Gasteiger partial charge in [0.1, 0.15) is 5.75 Å². The molecule has 3 heteroatoms. The lowest BCUT2D eigenvalue weighted by molar-refractivity contribution is -0.124. The van der Waals surface area contributed by atoms with Crippen LogP contribution in [0.3, 0.4) is 0 Å². The maximum absolute atomic E-state index is 11.7. The first-order valence-electron chi connectivity index (χ1n) is 6.39. The molecule has 0 unspecified atom stereocenters. The highest BCUT2D eigenvalue weighted by molar-refractivity contribution is 5.77. The molecule has 0 radical (unpaired) electrons. The number of rotatable bonds is 5. The standard InChI is InChI=1S/C15H23NO2/c1-10(2)13(5)16-15(17)9-18-14-7-6-11(3)8-12(14)4/h6-8,10,13H,9H2,1-5H3,(H,16,17)/t13-/m1/s1. The summed E-state index contributed by atoms with van der Waals surface area (Å²) in [4.78, 5) is 11.7. The van der Waals surface area contributed by atoms with Crippen LogP contribution in [0, 0.1) is 19.8 Å². The minimum absolute atomic E-state index is 0.0704. The van der Waals surface area contributed by atoms with Gasteiger partial charge in [0, 0.05) is 6.04 Å². The van der Waals surface area contributed by atoms with Crippen molar-refractivity contribution in [1.82, 2.24) is 5.32 Å². The van der Waals surface area contributed by atoms with Crippen LogP contribution >= 0.6 is 0 Å². The molecule has 0 aliphatic heterocycles. The van der Waals surface area contributed by atoms with E-state index in [2.05, 4.69) is 19.2 Å². The van der Waals surface area contributed by atoms with E-state index in [1.165, 1.54) is 5.56 Å². The minimum atomic E-state index is -0.0730. The van der Waals surface area contributed by atoms with E-state index in [1.807, 2.05) is 39.0 Å². The van der Waals surface area contributed by atoms with Crippen molar-refractivity contribution in [3.63, 3.8) is 0 Å². The van der Waals surface area contributed by atoms with Gasteiger partial charge in [0.25, 0.3) is 5.91 Å². The van der Waals surface area contributed by atoms with Crippen molar-refractivity contribution in [2.75, 3.05) is 6.61 Å². The molecule has 18 heavy (non-hydrogen) atoms. The topological polar surface area (TPSA) is 38.3 Å². The molecule has 0 spiro atoms. The molecule has 0 saturated carbocycles. The molecule has 0 fully saturated rings. The third-order valence-electron chi connectivity index (χ3n) is 3.08. The number of nitrogens with one attached hydrogen (secondary N) is 1. The van der Waals surface area contributed by atoms with E-state index >= 15 is 0 Å². The number of ether oxygens (including phenoxy) is 1. The fourth-order valence-corrected chi connectivity index (χ4v) is 1.57. The third-order valence-corrected chi connectivity index (χ3v) is 3.08. The second-order valence-electron chi connectivity index (χ2n) is 5.16. The molecule has 1 N–H and O–H groups in total. The van der Waals surface area contributed by atoms with Gasteiger partial charge in [-0.15, -0.1) is 0 Å². The van der Waals surface area contributed by atoms with Crippen LogP contribution in [-0.2, 0) is 4.79 Å².